The molecule has 1 rings (SSSR count). The number of carbonyl (C=O) groups is 1. The van der Waals surface area contributed by atoms with Crippen LogP contribution < -0.4 is 0 Å². The molecule has 4 unspecified atom stereocenters. The predicted molar refractivity (Wildman–Crippen MR) is 73.4 cm³/mol. The number of halogens is 6. The largest absolute Gasteiger partial charge is 0.282 e. The molecule has 8 heteroatoms. The first-order chi connectivity index (χ1) is 10.3. The van der Waals surface area contributed by atoms with E-state index in [4.69, 9.17) is 0 Å². The molecule has 4 atom stereocenters. The molecule has 0 aliphatic carbocycles. The summed E-state index contributed by atoms with van der Waals surface area (Å²) in [6, 6.07) is 8.03. The summed E-state index contributed by atoms with van der Waals surface area (Å²) in [7, 11) is 0. The summed E-state index contributed by atoms with van der Waals surface area (Å²) in [5.74, 6) is -0.173. The van der Waals surface area contributed by atoms with Gasteiger partial charge < -0.3 is 0 Å². The van der Waals surface area contributed by atoms with Crippen molar-refractivity contribution in [3.05, 3.63) is 35.9 Å². The minimum atomic E-state index is -3.71. The van der Waals surface area contributed by atoms with Crippen LogP contribution in [0.5, 0.6) is 0 Å². The Hall–Kier alpha value is -1.18. The Morgan fingerprint density at radius 2 is 1.50 bits per heavy atom. The Kier molecular flexibility index (Phi) is 7.78. The first kappa shape index (κ1) is 18.9. The summed E-state index contributed by atoms with van der Waals surface area (Å²) in [4.78, 5) is 11.6. The quantitative estimate of drug-likeness (QED) is 0.643. The van der Waals surface area contributed by atoms with E-state index in [9.17, 15) is 31.1 Å². The molecule has 1 nitrogen and oxygen atoms in total. The van der Waals surface area contributed by atoms with E-state index in [-0.39, 0.29) is 10.9 Å². The van der Waals surface area contributed by atoms with Gasteiger partial charge in [0.2, 0.25) is 5.12 Å². The summed E-state index contributed by atoms with van der Waals surface area (Å²) in [5.41, 5.74) is 0.365. The molecule has 0 aliphatic heterocycles. The van der Waals surface area contributed by atoms with Gasteiger partial charge in [0.05, 0.1) is 0 Å². The highest BCUT2D eigenvalue weighted by Gasteiger charge is 2.40. The zero-order valence-corrected chi connectivity index (χ0v) is 12.1. The van der Waals surface area contributed by atoms with Crippen LogP contribution >= 0.6 is 11.8 Å². The monoisotopic (exact) mass is 344 g/mol. The fraction of sp³-hybridized carbons (Fsp3) is 0.500. The maximum atomic E-state index is 13.4. The zero-order chi connectivity index (χ0) is 16.7. The van der Waals surface area contributed by atoms with Crippen LogP contribution in [-0.4, -0.2) is 42.0 Å². The molecule has 0 radical (unpaired) electrons. The van der Waals surface area contributed by atoms with E-state index in [1.165, 1.54) is 12.1 Å². The Labute approximate surface area is 128 Å². The molecule has 0 aromatic heterocycles. The lowest BCUT2D eigenvalue weighted by atomic mass is 10.1. The van der Waals surface area contributed by atoms with Crippen molar-refractivity contribution in [2.45, 2.75) is 37.5 Å². The topological polar surface area (TPSA) is 17.1 Å². The summed E-state index contributed by atoms with van der Waals surface area (Å²) in [5, 5.41) is -0.379. The minimum absolute atomic E-state index is 0.173. The summed E-state index contributed by atoms with van der Waals surface area (Å²) in [6.45, 7) is 0. The van der Waals surface area contributed by atoms with Crippen LogP contribution in [0.2, 0.25) is 0 Å². The van der Waals surface area contributed by atoms with E-state index in [0.717, 1.165) is 0 Å². The number of hydrogen-bond donors (Lipinski definition) is 0. The van der Waals surface area contributed by atoms with Crippen molar-refractivity contribution in [3.8, 4) is 0 Å². The van der Waals surface area contributed by atoms with Gasteiger partial charge in [-0.15, -0.1) is 0 Å². The maximum absolute atomic E-state index is 13.4. The SMILES string of the molecule is O=C(SCCC(F)C(F)C(F)C(F)C(F)F)c1ccccc1. The normalized spacial score (nSPS) is 17.0. The van der Waals surface area contributed by atoms with Gasteiger partial charge >= 0.3 is 0 Å². The number of carbonyl (C=O) groups excluding carboxylic acids is 1. The van der Waals surface area contributed by atoms with Crippen LogP contribution in [0.15, 0.2) is 30.3 Å². The van der Waals surface area contributed by atoms with Gasteiger partial charge in [-0.3, -0.25) is 4.79 Å². The van der Waals surface area contributed by atoms with Crippen LogP contribution in [0.4, 0.5) is 26.3 Å². The van der Waals surface area contributed by atoms with Crippen molar-refractivity contribution in [2.75, 3.05) is 5.75 Å². The Morgan fingerprint density at radius 3 is 2.05 bits per heavy atom. The lowest BCUT2D eigenvalue weighted by Crippen LogP contribution is -2.38. The Bertz CT molecular complexity index is 458. The van der Waals surface area contributed by atoms with E-state index in [1.807, 2.05) is 0 Å². The van der Waals surface area contributed by atoms with Gasteiger partial charge in [-0.25, -0.2) is 26.3 Å². The zero-order valence-electron chi connectivity index (χ0n) is 11.3. The van der Waals surface area contributed by atoms with E-state index in [2.05, 4.69) is 0 Å². The molecular formula is C14H14F6OS. The first-order valence-corrected chi connectivity index (χ1v) is 7.39. The molecule has 0 fully saturated rings. The molecule has 0 amide bonds. The molecule has 1 aromatic carbocycles. The van der Waals surface area contributed by atoms with Crippen LogP contribution in [0, 0.1) is 0 Å². The number of benzene rings is 1. The number of alkyl halides is 6. The average Bonchev–Trinajstić information content (AvgIpc) is 2.53. The molecule has 0 spiro atoms. The second-order valence-corrected chi connectivity index (χ2v) is 5.54. The molecule has 0 saturated heterocycles. The third-order valence-corrected chi connectivity index (χ3v) is 3.77. The molecule has 124 valence electrons. The summed E-state index contributed by atoms with van der Waals surface area (Å²) < 4.78 is 76.0. The number of hydrogen-bond acceptors (Lipinski definition) is 2. The van der Waals surface area contributed by atoms with Gasteiger partial charge in [0.1, 0.15) is 6.17 Å². The molecule has 0 N–H and O–H groups in total. The number of rotatable bonds is 8. The standard InChI is InChI=1S/C14H14F6OS/c15-9(10(16)11(17)12(18)13(19)20)6-7-22-14(21)8-4-2-1-3-5-8/h1-5,9-13H,6-7H2. The third kappa shape index (κ3) is 5.55. The van der Waals surface area contributed by atoms with Gasteiger partial charge in [0.15, 0.2) is 18.5 Å². The smallest absolute Gasteiger partial charge is 0.272 e. The van der Waals surface area contributed by atoms with Gasteiger partial charge in [-0.2, -0.15) is 0 Å². The molecular weight excluding hydrogens is 330 g/mol. The van der Waals surface area contributed by atoms with E-state index >= 15 is 0 Å². The van der Waals surface area contributed by atoms with Crippen LogP contribution in [-0.2, 0) is 0 Å². The van der Waals surface area contributed by atoms with E-state index < -0.39 is 37.5 Å². The van der Waals surface area contributed by atoms with Crippen LogP contribution in [0.25, 0.3) is 0 Å². The highest BCUT2D eigenvalue weighted by molar-refractivity contribution is 8.14. The second kappa shape index (κ2) is 9.07. The van der Waals surface area contributed by atoms with E-state index in [1.54, 1.807) is 18.2 Å². The Balaban J connectivity index is 2.39. The molecule has 0 saturated carbocycles. The van der Waals surface area contributed by atoms with Crippen molar-refractivity contribution in [3.63, 3.8) is 0 Å². The van der Waals surface area contributed by atoms with Crippen LogP contribution in [0.1, 0.15) is 16.8 Å². The summed E-state index contributed by atoms with van der Waals surface area (Å²) >= 11 is 0.692. The molecule has 0 heterocycles. The lowest BCUT2D eigenvalue weighted by molar-refractivity contribution is -0.0398. The fourth-order valence-corrected chi connectivity index (χ4v) is 2.43. The fourth-order valence-electron chi connectivity index (χ4n) is 1.60. The van der Waals surface area contributed by atoms with Crippen molar-refractivity contribution in [1.29, 1.82) is 0 Å². The molecule has 0 bridgehead atoms. The number of thioether (sulfide) groups is 1. The van der Waals surface area contributed by atoms with Crippen molar-refractivity contribution in [1.82, 2.24) is 0 Å². The molecule has 0 aliphatic rings. The predicted octanol–water partition coefficient (Wildman–Crippen LogP) is 4.57. The van der Waals surface area contributed by atoms with Crippen LogP contribution in [0.3, 0.4) is 0 Å². The highest BCUT2D eigenvalue weighted by Crippen LogP contribution is 2.24. The van der Waals surface area contributed by atoms with E-state index in [0.29, 0.717) is 17.3 Å². The van der Waals surface area contributed by atoms with Gasteiger partial charge in [0.25, 0.3) is 6.43 Å². The van der Waals surface area contributed by atoms with Gasteiger partial charge in [0, 0.05) is 11.3 Å². The minimum Gasteiger partial charge on any atom is -0.282 e. The van der Waals surface area contributed by atoms with Crippen molar-refractivity contribution < 1.29 is 31.1 Å². The highest BCUT2D eigenvalue weighted by atomic mass is 32.2. The van der Waals surface area contributed by atoms with Gasteiger partial charge in [-0.1, -0.05) is 42.1 Å². The molecule has 1 aromatic rings. The van der Waals surface area contributed by atoms with Crippen molar-refractivity contribution in [2.24, 2.45) is 0 Å². The molecule has 22 heavy (non-hydrogen) atoms. The summed E-state index contributed by atoms with van der Waals surface area (Å²) in [6.07, 6.45) is -16.3. The third-order valence-electron chi connectivity index (χ3n) is 2.83. The Morgan fingerprint density at radius 1 is 0.909 bits per heavy atom. The average molecular weight is 344 g/mol. The van der Waals surface area contributed by atoms with Gasteiger partial charge in [-0.05, 0) is 6.42 Å². The lowest BCUT2D eigenvalue weighted by Gasteiger charge is -2.19. The maximum Gasteiger partial charge on any atom is 0.272 e. The first-order valence-electron chi connectivity index (χ1n) is 6.41. The second-order valence-electron chi connectivity index (χ2n) is 4.47. The van der Waals surface area contributed by atoms with Crippen molar-refractivity contribution >= 4 is 16.9 Å².